The standard InChI is InChI=1S/C15H28N2/c1-12-5-13(2)7-14(6-12,3-4-16)10-15(8-12,9-13)11-17/h3-11,16-17H2,1-2H3. The largest absolute Gasteiger partial charge is 0.330 e. The quantitative estimate of drug-likeness (QED) is 0.791. The summed E-state index contributed by atoms with van der Waals surface area (Å²) in [6.45, 7) is 6.77. The maximum absolute atomic E-state index is 6.17. The molecule has 4 aliphatic rings. The molecule has 4 fully saturated rings. The molecule has 4 bridgehead atoms. The SMILES string of the molecule is CC12CC3(C)CC(CN)(C1)CC(CCN)(C2)C3. The van der Waals surface area contributed by atoms with Crippen LogP contribution >= 0.6 is 0 Å². The molecule has 2 unspecified atom stereocenters. The molecule has 0 saturated heterocycles. The van der Waals surface area contributed by atoms with E-state index in [1.54, 1.807) is 0 Å². The van der Waals surface area contributed by atoms with Gasteiger partial charge in [-0.2, -0.15) is 0 Å². The topological polar surface area (TPSA) is 52.0 Å². The average molecular weight is 236 g/mol. The predicted molar refractivity (Wildman–Crippen MR) is 71.5 cm³/mol. The minimum absolute atomic E-state index is 0.452. The second kappa shape index (κ2) is 3.27. The van der Waals surface area contributed by atoms with Gasteiger partial charge in [0.1, 0.15) is 0 Å². The molecule has 2 atom stereocenters. The molecule has 0 heterocycles. The summed E-state index contributed by atoms with van der Waals surface area (Å²) < 4.78 is 0. The fourth-order valence-electron chi connectivity index (χ4n) is 6.99. The molecular formula is C15H28N2. The van der Waals surface area contributed by atoms with Gasteiger partial charge >= 0.3 is 0 Å². The molecule has 17 heavy (non-hydrogen) atoms. The minimum Gasteiger partial charge on any atom is -0.330 e. The minimum atomic E-state index is 0.452. The van der Waals surface area contributed by atoms with Gasteiger partial charge in [-0.05, 0) is 79.7 Å². The van der Waals surface area contributed by atoms with Crippen LogP contribution in [0.5, 0.6) is 0 Å². The summed E-state index contributed by atoms with van der Waals surface area (Å²) in [6.07, 6.45) is 9.58. The molecule has 0 aromatic rings. The van der Waals surface area contributed by atoms with Crippen LogP contribution in [0.15, 0.2) is 0 Å². The number of rotatable bonds is 3. The van der Waals surface area contributed by atoms with Crippen LogP contribution < -0.4 is 11.5 Å². The highest BCUT2D eigenvalue weighted by Crippen LogP contribution is 2.74. The maximum atomic E-state index is 6.17. The van der Waals surface area contributed by atoms with E-state index in [4.69, 9.17) is 11.5 Å². The third-order valence-electron chi connectivity index (χ3n) is 5.92. The molecule has 0 radical (unpaired) electrons. The van der Waals surface area contributed by atoms with Crippen molar-refractivity contribution in [1.29, 1.82) is 0 Å². The van der Waals surface area contributed by atoms with Crippen molar-refractivity contribution in [3.8, 4) is 0 Å². The molecule has 98 valence electrons. The first-order valence-electron chi connectivity index (χ1n) is 7.27. The smallest absolute Gasteiger partial charge is 0.00199 e. The van der Waals surface area contributed by atoms with Gasteiger partial charge in [-0.3, -0.25) is 0 Å². The van der Waals surface area contributed by atoms with Crippen LogP contribution in [0.1, 0.15) is 58.8 Å². The van der Waals surface area contributed by atoms with Gasteiger partial charge < -0.3 is 11.5 Å². The van der Waals surface area contributed by atoms with Gasteiger partial charge in [0.2, 0.25) is 0 Å². The third kappa shape index (κ3) is 1.67. The van der Waals surface area contributed by atoms with Gasteiger partial charge in [0.05, 0.1) is 0 Å². The fourth-order valence-corrected chi connectivity index (χ4v) is 6.99. The molecule has 4 saturated carbocycles. The summed E-state index contributed by atoms with van der Waals surface area (Å²) in [4.78, 5) is 0. The van der Waals surface area contributed by atoms with E-state index in [-0.39, 0.29) is 0 Å². The molecule has 2 heteroatoms. The van der Waals surface area contributed by atoms with Gasteiger partial charge in [0, 0.05) is 0 Å². The highest BCUT2D eigenvalue weighted by molar-refractivity contribution is 5.15. The van der Waals surface area contributed by atoms with Crippen LogP contribution in [0.25, 0.3) is 0 Å². The third-order valence-corrected chi connectivity index (χ3v) is 5.92. The number of hydrogen-bond donors (Lipinski definition) is 2. The van der Waals surface area contributed by atoms with Crippen LogP contribution in [-0.2, 0) is 0 Å². The number of nitrogens with two attached hydrogens (primary N) is 2. The molecule has 0 amide bonds. The van der Waals surface area contributed by atoms with Crippen molar-refractivity contribution < 1.29 is 0 Å². The van der Waals surface area contributed by atoms with Gasteiger partial charge in [0.15, 0.2) is 0 Å². The Kier molecular flexibility index (Phi) is 2.30. The van der Waals surface area contributed by atoms with Crippen LogP contribution in [0.4, 0.5) is 0 Å². The molecule has 4 aliphatic carbocycles. The van der Waals surface area contributed by atoms with Crippen molar-refractivity contribution in [2.75, 3.05) is 13.1 Å². The summed E-state index contributed by atoms with van der Waals surface area (Å²) in [5.41, 5.74) is 14.2. The van der Waals surface area contributed by atoms with E-state index < -0.39 is 0 Å². The normalized spacial score (nSPS) is 56.5. The second-order valence-corrected chi connectivity index (χ2v) is 8.42. The highest BCUT2D eigenvalue weighted by atomic mass is 14.7. The Morgan fingerprint density at radius 2 is 1.29 bits per heavy atom. The number of hydrogen-bond acceptors (Lipinski definition) is 2. The summed E-state index contributed by atoms with van der Waals surface area (Å²) in [5.74, 6) is 0. The van der Waals surface area contributed by atoms with Crippen LogP contribution in [0.2, 0.25) is 0 Å². The Labute approximate surface area is 106 Å². The Balaban J connectivity index is 2.01. The van der Waals surface area contributed by atoms with Crippen molar-refractivity contribution >= 4 is 0 Å². The molecule has 4 N–H and O–H groups in total. The molecule has 0 aromatic carbocycles. The van der Waals surface area contributed by atoms with E-state index in [0.29, 0.717) is 21.7 Å². The first kappa shape index (κ1) is 12.0. The van der Waals surface area contributed by atoms with Gasteiger partial charge in [-0.1, -0.05) is 13.8 Å². The zero-order valence-corrected chi connectivity index (χ0v) is 11.5. The fraction of sp³-hybridized carbons (Fsp3) is 1.00. The first-order valence-corrected chi connectivity index (χ1v) is 7.27. The van der Waals surface area contributed by atoms with Gasteiger partial charge in [-0.15, -0.1) is 0 Å². The Morgan fingerprint density at radius 1 is 0.765 bits per heavy atom. The summed E-state index contributed by atoms with van der Waals surface area (Å²) in [7, 11) is 0. The Morgan fingerprint density at radius 3 is 1.76 bits per heavy atom. The van der Waals surface area contributed by atoms with E-state index in [1.807, 2.05) is 0 Å². The molecule has 0 aliphatic heterocycles. The first-order chi connectivity index (χ1) is 7.86. The Hall–Kier alpha value is -0.0800. The lowest BCUT2D eigenvalue weighted by molar-refractivity contribution is -0.187. The summed E-state index contributed by atoms with van der Waals surface area (Å²) >= 11 is 0. The van der Waals surface area contributed by atoms with E-state index in [2.05, 4.69) is 13.8 Å². The second-order valence-electron chi connectivity index (χ2n) is 8.42. The molecule has 0 spiro atoms. The maximum Gasteiger partial charge on any atom is -0.00199 e. The van der Waals surface area contributed by atoms with Crippen LogP contribution in [-0.4, -0.2) is 13.1 Å². The summed E-state index contributed by atoms with van der Waals surface area (Å²) in [6, 6.07) is 0. The van der Waals surface area contributed by atoms with Crippen molar-refractivity contribution in [2.45, 2.75) is 58.8 Å². The molecule has 0 aromatic heterocycles. The van der Waals surface area contributed by atoms with Crippen molar-refractivity contribution in [3.63, 3.8) is 0 Å². The molecule has 4 rings (SSSR count). The zero-order chi connectivity index (χ0) is 12.4. The highest BCUT2D eigenvalue weighted by Gasteiger charge is 2.64. The van der Waals surface area contributed by atoms with E-state index >= 15 is 0 Å². The van der Waals surface area contributed by atoms with Crippen molar-refractivity contribution in [3.05, 3.63) is 0 Å². The van der Waals surface area contributed by atoms with Crippen LogP contribution in [0.3, 0.4) is 0 Å². The lowest BCUT2D eigenvalue weighted by atomic mass is 9.35. The Bertz CT molecular complexity index is 318. The van der Waals surface area contributed by atoms with Crippen LogP contribution in [0, 0.1) is 21.7 Å². The molecule has 2 nitrogen and oxygen atoms in total. The lowest BCUT2D eigenvalue weighted by Gasteiger charge is -2.70. The predicted octanol–water partition coefficient (Wildman–Crippen LogP) is 2.66. The van der Waals surface area contributed by atoms with Crippen molar-refractivity contribution in [1.82, 2.24) is 0 Å². The van der Waals surface area contributed by atoms with E-state index in [1.165, 1.54) is 44.9 Å². The van der Waals surface area contributed by atoms with Crippen molar-refractivity contribution in [2.24, 2.45) is 33.1 Å². The van der Waals surface area contributed by atoms with Gasteiger partial charge in [-0.25, -0.2) is 0 Å². The summed E-state index contributed by atoms with van der Waals surface area (Å²) in [5, 5.41) is 0. The zero-order valence-electron chi connectivity index (χ0n) is 11.5. The lowest BCUT2D eigenvalue weighted by Crippen LogP contribution is -2.61. The monoisotopic (exact) mass is 236 g/mol. The molecular weight excluding hydrogens is 208 g/mol. The van der Waals surface area contributed by atoms with E-state index in [9.17, 15) is 0 Å². The van der Waals surface area contributed by atoms with Gasteiger partial charge in [0.25, 0.3) is 0 Å². The average Bonchev–Trinajstić information content (AvgIpc) is 2.11. The van der Waals surface area contributed by atoms with E-state index in [0.717, 1.165) is 13.1 Å².